The molecule has 1 atom stereocenters. The number of H-pyrrole nitrogens is 1. The third-order valence-corrected chi connectivity index (χ3v) is 4.36. The molecule has 0 radical (unpaired) electrons. The van der Waals surface area contributed by atoms with Crippen molar-refractivity contribution in [3.63, 3.8) is 0 Å². The molecule has 0 spiro atoms. The normalized spacial score (nSPS) is 20.1. The van der Waals surface area contributed by atoms with Crippen LogP contribution in [-0.4, -0.2) is 45.0 Å². The van der Waals surface area contributed by atoms with Gasteiger partial charge < -0.3 is 4.74 Å². The molecule has 3 rings (SSSR count). The van der Waals surface area contributed by atoms with Crippen LogP contribution in [-0.2, 0) is 6.54 Å². The van der Waals surface area contributed by atoms with Crippen LogP contribution in [0.3, 0.4) is 0 Å². The number of hydrogen-bond acceptors (Lipinski definition) is 6. The molecule has 7 heteroatoms. The third kappa shape index (κ3) is 3.16. The van der Waals surface area contributed by atoms with Crippen LogP contribution in [0.15, 0.2) is 12.3 Å². The number of hydrogen-bond donors (Lipinski definition) is 1. The molecule has 2 aromatic rings. The number of aromatic amines is 1. The first-order valence-corrected chi connectivity index (χ1v) is 7.83. The Kier molecular flexibility index (Phi) is 4.27. The molecule has 0 aromatic carbocycles. The van der Waals surface area contributed by atoms with Gasteiger partial charge in [0, 0.05) is 24.4 Å². The first-order chi connectivity index (χ1) is 9.85. The highest BCUT2D eigenvalue weighted by atomic mass is 32.1. The quantitative estimate of drug-likeness (QED) is 0.913. The van der Waals surface area contributed by atoms with E-state index < -0.39 is 0 Å². The molecule has 0 aliphatic carbocycles. The van der Waals surface area contributed by atoms with E-state index in [1.807, 2.05) is 13.1 Å². The molecule has 1 fully saturated rings. The summed E-state index contributed by atoms with van der Waals surface area (Å²) in [6, 6.07) is 2.08. The van der Waals surface area contributed by atoms with E-state index in [0.717, 1.165) is 24.6 Å². The second-order valence-corrected chi connectivity index (χ2v) is 6.01. The Morgan fingerprint density at radius 1 is 1.50 bits per heavy atom. The van der Waals surface area contributed by atoms with Gasteiger partial charge in [-0.15, -0.1) is 10.2 Å². The number of aromatic nitrogens is 4. The van der Waals surface area contributed by atoms with E-state index in [0.29, 0.717) is 17.7 Å². The molecule has 1 aliphatic heterocycles. The van der Waals surface area contributed by atoms with E-state index in [2.05, 4.69) is 31.4 Å². The van der Waals surface area contributed by atoms with Crippen LogP contribution < -0.4 is 4.74 Å². The Hall–Kier alpha value is -1.47. The maximum absolute atomic E-state index is 5.37. The molecule has 2 aromatic heterocycles. The van der Waals surface area contributed by atoms with Crippen molar-refractivity contribution >= 4 is 11.3 Å². The standard InChI is InChI=1S/C13H19N5OS/c1-2-19-13-17-16-12(20-13)9-18-7-3-4-10(8-18)11-5-6-14-15-11/h5-6,10H,2-4,7-9H2,1H3,(H,14,15)/t10-/m0/s1. The maximum atomic E-state index is 5.37. The van der Waals surface area contributed by atoms with Crippen molar-refractivity contribution in [1.82, 2.24) is 25.3 Å². The van der Waals surface area contributed by atoms with E-state index in [9.17, 15) is 0 Å². The Morgan fingerprint density at radius 2 is 2.45 bits per heavy atom. The highest BCUT2D eigenvalue weighted by Crippen LogP contribution is 2.27. The fourth-order valence-corrected chi connectivity index (χ4v) is 3.41. The summed E-state index contributed by atoms with van der Waals surface area (Å²) in [6.07, 6.45) is 4.26. The van der Waals surface area contributed by atoms with Crippen molar-refractivity contribution < 1.29 is 4.74 Å². The summed E-state index contributed by atoms with van der Waals surface area (Å²) in [5, 5.41) is 17.1. The SMILES string of the molecule is CCOc1nnc(CN2CCC[C@H](c3ccn[nH]3)C2)s1. The highest BCUT2D eigenvalue weighted by molar-refractivity contribution is 7.13. The second-order valence-electron chi connectivity index (χ2n) is 4.98. The van der Waals surface area contributed by atoms with Gasteiger partial charge in [-0.25, -0.2) is 0 Å². The first-order valence-electron chi connectivity index (χ1n) is 7.02. The molecule has 20 heavy (non-hydrogen) atoms. The molecule has 3 heterocycles. The Morgan fingerprint density at radius 3 is 3.25 bits per heavy atom. The van der Waals surface area contributed by atoms with Gasteiger partial charge in [0.2, 0.25) is 0 Å². The van der Waals surface area contributed by atoms with Gasteiger partial charge in [-0.2, -0.15) is 5.10 Å². The number of rotatable bonds is 5. The average Bonchev–Trinajstić information content (AvgIpc) is 3.11. The summed E-state index contributed by atoms with van der Waals surface area (Å²) < 4.78 is 5.37. The highest BCUT2D eigenvalue weighted by Gasteiger charge is 2.23. The van der Waals surface area contributed by atoms with Crippen molar-refractivity contribution in [1.29, 1.82) is 0 Å². The fraction of sp³-hybridized carbons (Fsp3) is 0.615. The average molecular weight is 293 g/mol. The van der Waals surface area contributed by atoms with Gasteiger partial charge in [0.25, 0.3) is 5.19 Å². The minimum Gasteiger partial charge on any atom is -0.469 e. The Balaban J connectivity index is 1.59. The number of piperidine rings is 1. The van der Waals surface area contributed by atoms with Crippen LogP contribution >= 0.6 is 11.3 Å². The van der Waals surface area contributed by atoms with Crippen LogP contribution in [0.2, 0.25) is 0 Å². The van der Waals surface area contributed by atoms with Gasteiger partial charge in [-0.1, -0.05) is 11.3 Å². The van der Waals surface area contributed by atoms with Crippen LogP contribution in [0.5, 0.6) is 5.19 Å². The van der Waals surface area contributed by atoms with Crippen LogP contribution in [0.25, 0.3) is 0 Å². The summed E-state index contributed by atoms with van der Waals surface area (Å²) in [5.74, 6) is 0.547. The van der Waals surface area contributed by atoms with Crippen molar-refractivity contribution in [2.45, 2.75) is 32.2 Å². The van der Waals surface area contributed by atoms with E-state index in [1.54, 1.807) is 11.3 Å². The molecule has 1 saturated heterocycles. The van der Waals surface area contributed by atoms with Gasteiger partial charge in [0.1, 0.15) is 5.01 Å². The molecular formula is C13H19N5OS. The molecule has 0 unspecified atom stereocenters. The van der Waals surface area contributed by atoms with Crippen LogP contribution in [0.1, 0.15) is 36.4 Å². The summed E-state index contributed by atoms with van der Waals surface area (Å²) in [7, 11) is 0. The topological polar surface area (TPSA) is 66.9 Å². The fourth-order valence-electron chi connectivity index (χ4n) is 2.62. The van der Waals surface area contributed by atoms with Gasteiger partial charge in [-0.3, -0.25) is 10.00 Å². The maximum Gasteiger partial charge on any atom is 0.294 e. The van der Waals surface area contributed by atoms with Crippen LogP contribution in [0.4, 0.5) is 0 Å². The summed E-state index contributed by atoms with van der Waals surface area (Å²) in [6.45, 7) is 5.62. The molecule has 1 aliphatic rings. The zero-order chi connectivity index (χ0) is 13.8. The van der Waals surface area contributed by atoms with E-state index in [1.165, 1.54) is 18.5 Å². The zero-order valence-electron chi connectivity index (χ0n) is 11.6. The monoisotopic (exact) mass is 293 g/mol. The Bertz CT molecular complexity index is 527. The smallest absolute Gasteiger partial charge is 0.294 e. The summed E-state index contributed by atoms with van der Waals surface area (Å²) in [4.78, 5) is 2.44. The van der Waals surface area contributed by atoms with Gasteiger partial charge in [0.15, 0.2) is 0 Å². The molecule has 6 nitrogen and oxygen atoms in total. The molecule has 0 amide bonds. The number of likely N-dealkylation sites (tertiary alicyclic amines) is 1. The van der Waals surface area contributed by atoms with Crippen LogP contribution in [0, 0.1) is 0 Å². The Labute approximate surface area is 122 Å². The lowest BCUT2D eigenvalue weighted by Crippen LogP contribution is -2.34. The van der Waals surface area contributed by atoms with Crippen molar-refractivity contribution in [3.8, 4) is 5.19 Å². The lowest BCUT2D eigenvalue weighted by molar-refractivity contribution is 0.198. The minimum atomic E-state index is 0.547. The van der Waals surface area contributed by atoms with E-state index in [4.69, 9.17) is 4.74 Å². The second kappa shape index (κ2) is 6.32. The largest absolute Gasteiger partial charge is 0.469 e. The van der Waals surface area contributed by atoms with Gasteiger partial charge >= 0.3 is 0 Å². The van der Waals surface area contributed by atoms with E-state index >= 15 is 0 Å². The van der Waals surface area contributed by atoms with E-state index in [-0.39, 0.29) is 0 Å². The molecule has 0 saturated carbocycles. The summed E-state index contributed by atoms with van der Waals surface area (Å²) in [5.41, 5.74) is 1.24. The van der Waals surface area contributed by atoms with Crippen molar-refractivity contribution in [2.24, 2.45) is 0 Å². The number of nitrogens with one attached hydrogen (secondary N) is 1. The lowest BCUT2D eigenvalue weighted by Gasteiger charge is -2.31. The predicted molar refractivity (Wildman–Crippen MR) is 76.9 cm³/mol. The summed E-state index contributed by atoms with van der Waals surface area (Å²) >= 11 is 1.54. The number of nitrogens with zero attached hydrogens (tertiary/aromatic N) is 4. The third-order valence-electron chi connectivity index (χ3n) is 3.54. The first kappa shape index (κ1) is 13.5. The molecule has 108 valence electrons. The van der Waals surface area contributed by atoms with Crippen molar-refractivity contribution in [2.75, 3.05) is 19.7 Å². The number of ether oxygens (including phenoxy) is 1. The van der Waals surface area contributed by atoms with Gasteiger partial charge in [0.05, 0.1) is 13.2 Å². The lowest BCUT2D eigenvalue weighted by atomic mass is 9.95. The minimum absolute atomic E-state index is 0.547. The molecule has 0 bridgehead atoms. The molecule has 1 N–H and O–H groups in total. The predicted octanol–water partition coefficient (Wildman–Crippen LogP) is 2.04. The van der Waals surface area contributed by atoms with Gasteiger partial charge in [-0.05, 0) is 32.4 Å². The van der Waals surface area contributed by atoms with Crippen molar-refractivity contribution in [3.05, 3.63) is 23.0 Å². The zero-order valence-corrected chi connectivity index (χ0v) is 12.4. The molecular weight excluding hydrogens is 274 g/mol.